The van der Waals surface area contributed by atoms with Crippen molar-refractivity contribution in [2.75, 3.05) is 0 Å². The molecule has 0 aromatic heterocycles. The van der Waals surface area contributed by atoms with Gasteiger partial charge in [-0.2, -0.15) is 0 Å². The Balaban J connectivity index is 3.19. The molecule has 1 aliphatic heterocycles. The van der Waals surface area contributed by atoms with Crippen molar-refractivity contribution in [3.8, 4) is 0 Å². The maximum atomic E-state index is 12.3. The number of carboxylic acids is 1. The fourth-order valence-corrected chi connectivity index (χ4v) is 2.33. The van der Waals surface area contributed by atoms with Crippen molar-refractivity contribution in [1.82, 2.24) is 4.90 Å². The Morgan fingerprint density at radius 1 is 1.26 bits per heavy atom. The van der Waals surface area contributed by atoms with Crippen molar-refractivity contribution in [2.45, 2.75) is 71.4 Å². The number of hydrogen-bond acceptors (Lipinski definition) is 4. The minimum atomic E-state index is -1.45. The van der Waals surface area contributed by atoms with E-state index in [1.54, 1.807) is 41.5 Å². The van der Waals surface area contributed by atoms with E-state index in [4.69, 9.17) is 9.47 Å². The Kier molecular flexibility index (Phi) is 3.62. The van der Waals surface area contributed by atoms with Crippen molar-refractivity contribution in [2.24, 2.45) is 0 Å². The molecule has 0 radical (unpaired) electrons. The van der Waals surface area contributed by atoms with Crippen LogP contribution in [0.25, 0.3) is 0 Å². The van der Waals surface area contributed by atoms with E-state index in [0.29, 0.717) is 0 Å². The average Bonchev–Trinajstić information content (AvgIpc) is 2.30. The third-order valence-electron chi connectivity index (χ3n) is 3.27. The second kappa shape index (κ2) is 4.37. The first-order chi connectivity index (χ1) is 8.32. The van der Waals surface area contributed by atoms with Crippen LogP contribution in [0.3, 0.4) is 0 Å². The molecule has 1 heterocycles. The van der Waals surface area contributed by atoms with Gasteiger partial charge in [-0.1, -0.05) is 0 Å². The molecule has 1 saturated heterocycles. The van der Waals surface area contributed by atoms with E-state index in [-0.39, 0.29) is 0 Å². The second-order valence-corrected chi connectivity index (χ2v) is 6.48. The van der Waals surface area contributed by atoms with Gasteiger partial charge in [0.25, 0.3) is 0 Å². The van der Waals surface area contributed by atoms with Gasteiger partial charge in [0.1, 0.15) is 11.3 Å². The molecule has 0 aliphatic carbocycles. The number of ether oxygens (including phenoxy) is 2. The lowest BCUT2D eigenvalue weighted by Gasteiger charge is -2.38. The summed E-state index contributed by atoms with van der Waals surface area (Å²) in [4.78, 5) is 25.0. The highest BCUT2D eigenvalue weighted by Gasteiger charge is 2.61. The van der Waals surface area contributed by atoms with E-state index in [0.717, 1.165) is 4.90 Å². The van der Waals surface area contributed by atoms with Gasteiger partial charge in [0.2, 0.25) is 0 Å². The largest absolute Gasteiger partial charge is 0.479 e. The van der Waals surface area contributed by atoms with Crippen LogP contribution in [0.15, 0.2) is 0 Å². The standard InChI is InChI=1S/C13H23NO5/c1-8-13(7,9(15)16)14(12(5,6)18-8)10(17)19-11(2,3)4/h8H,1-7H3,(H,15,16). The first-order valence-electron chi connectivity index (χ1n) is 6.27. The zero-order valence-electron chi connectivity index (χ0n) is 12.6. The van der Waals surface area contributed by atoms with E-state index < -0.39 is 35.0 Å². The Labute approximate surface area is 113 Å². The molecular formula is C13H23NO5. The molecular weight excluding hydrogens is 250 g/mol. The van der Waals surface area contributed by atoms with Crippen molar-refractivity contribution in [1.29, 1.82) is 0 Å². The summed E-state index contributed by atoms with van der Waals surface area (Å²) in [6, 6.07) is 0. The van der Waals surface area contributed by atoms with Crippen LogP contribution in [0.5, 0.6) is 0 Å². The van der Waals surface area contributed by atoms with E-state index in [9.17, 15) is 14.7 Å². The number of nitrogens with zero attached hydrogens (tertiary/aromatic N) is 1. The number of aliphatic carboxylic acids is 1. The van der Waals surface area contributed by atoms with Gasteiger partial charge in [0, 0.05) is 0 Å². The molecule has 1 N–H and O–H groups in total. The highest BCUT2D eigenvalue weighted by Crippen LogP contribution is 2.40. The van der Waals surface area contributed by atoms with E-state index in [1.165, 1.54) is 6.92 Å². The minimum absolute atomic E-state index is 0.632. The molecule has 2 unspecified atom stereocenters. The van der Waals surface area contributed by atoms with Crippen LogP contribution in [0, 0.1) is 0 Å². The van der Waals surface area contributed by atoms with Gasteiger partial charge in [0.15, 0.2) is 5.54 Å². The summed E-state index contributed by atoms with van der Waals surface area (Å²) in [6.07, 6.45) is -1.32. The molecule has 0 saturated carbocycles. The molecule has 6 nitrogen and oxygen atoms in total. The normalized spacial score (nSPS) is 30.3. The summed E-state index contributed by atoms with van der Waals surface area (Å²) >= 11 is 0. The van der Waals surface area contributed by atoms with Gasteiger partial charge < -0.3 is 14.6 Å². The molecule has 1 rings (SSSR count). The van der Waals surface area contributed by atoms with Crippen LogP contribution >= 0.6 is 0 Å². The van der Waals surface area contributed by atoms with Crippen molar-refractivity contribution >= 4 is 12.1 Å². The Morgan fingerprint density at radius 2 is 1.74 bits per heavy atom. The topological polar surface area (TPSA) is 76.1 Å². The average molecular weight is 273 g/mol. The predicted octanol–water partition coefficient (Wildman–Crippen LogP) is 2.22. The summed E-state index contributed by atoms with van der Waals surface area (Å²) in [5, 5.41) is 9.46. The van der Waals surface area contributed by atoms with Crippen LogP contribution in [-0.4, -0.2) is 45.0 Å². The maximum absolute atomic E-state index is 12.3. The molecule has 110 valence electrons. The van der Waals surface area contributed by atoms with Gasteiger partial charge in [-0.05, 0) is 48.5 Å². The number of rotatable bonds is 1. The molecule has 0 spiro atoms. The monoisotopic (exact) mass is 273 g/mol. The van der Waals surface area contributed by atoms with E-state index in [1.807, 2.05) is 0 Å². The van der Waals surface area contributed by atoms with Crippen LogP contribution < -0.4 is 0 Å². The Hall–Kier alpha value is -1.30. The zero-order valence-corrected chi connectivity index (χ0v) is 12.6. The quantitative estimate of drug-likeness (QED) is 0.792. The smallest absolute Gasteiger partial charge is 0.413 e. The summed E-state index contributed by atoms with van der Waals surface area (Å²) in [5.41, 5.74) is -3.18. The number of carbonyl (C=O) groups is 2. The summed E-state index contributed by atoms with van der Waals surface area (Å²) in [5.74, 6) is -1.11. The van der Waals surface area contributed by atoms with Crippen molar-refractivity contribution in [3.05, 3.63) is 0 Å². The lowest BCUT2D eigenvalue weighted by Crippen LogP contribution is -2.60. The lowest BCUT2D eigenvalue weighted by molar-refractivity contribution is -0.150. The molecule has 1 amide bonds. The fourth-order valence-electron chi connectivity index (χ4n) is 2.33. The Morgan fingerprint density at radius 3 is 2.11 bits per heavy atom. The van der Waals surface area contributed by atoms with Gasteiger partial charge in [-0.25, -0.2) is 9.59 Å². The molecule has 2 atom stereocenters. The molecule has 0 aromatic rings. The van der Waals surface area contributed by atoms with Crippen LogP contribution in [0.1, 0.15) is 48.5 Å². The zero-order chi connectivity index (χ0) is 15.2. The van der Waals surface area contributed by atoms with Crippen LogP contribution in [0.4, 0.5) is 4.79 Å². The third kappa shape index (κ3) is 2.68. The predicted molar refractivity (Wildman–Crippen MR) is 68.7 cm³/mol. The highest BCUT2D eigenvalue weighted by atomic mass is 16.6. The summed E-state index contributed by atoms with van der Waals surface area (Å²) < 4.78 is 10.9. The fraction of sp³-hybridized carbons (Fsp3) is 0.846. The van der Waals surface area contributed by atoms with Gasteiger partial charge in [-0.3, -0.25) is 4.90 Å². The maximum Gasteiger partial charge on any atom is 0.413 e. The SMILES string of the molecule is CC1OC(C)(C)N(C(=O)OC(C)(C)C)C1(C)C(=O)O. The third-order valence-corrected chi connectivity index (χ3v) is 3.27. The summed E-state index contributed by atoms with van der Waals surface area (Å²) in [6.45, 7) is 11.6. The van der Waals surface area contributed by atoms with Gasteiger partial charge in [-0.15, -0.1) is 0 Å². The first-order valence-corrected chi connectivity index (χ1v) is 6.27. The van der Waals surface area contributed by atoms with Gasteiger partial charge in [0.05, 0.1) is 6.10 Å². The van der Waals surface area contributed by atoms with E-state index in [2.05, 4.69) is 0 Å². The lowest BCUT2D eigenvalue weighted by atomic mass is 9.94. The molecule has 1 fully saturated rings. The van der Waals surface area contributed by atoms with Crippen LogP contribution in [-0.2, 0) is 14.3 Å². The Bertz CT molecular complexity index is 398. The number of carboxylic acid groups (broad SMARTS) is 1. The van der Waals surface area contributed by atoms with Gasteiger partial charge >= 0.3 is 12.1 Å². The van der Waals surface area contributed by atoms with Crippen LogP contribution in [0.2, 0.25) is 0 Å². The second-order valence-electron chi connectivity index (χ2n) is 6.48. The highest BCUT2D eigenvalue weighted by molar-refractivity contribution is 5.86. The minimum Gasteiger partial charge on any atom is -0.479 e. The molecule has 0 bridgehead atoms. The van der Waals surface area contributed by atoms with E-state index >= 15 is 0 Å². The van der Waals surface area contributed by atoms with Crippen molar-refractivity contribution < 1.29 is 24.2 Å². The number of hydrogen-bond donors (Lipinski definition) is 1. The molecule has 1 aliphatic rings. The number of amides is 1. The summed E-state index contributed by atoms with van der Waals surface area (Å²) in [7, 11) is 0. The number of carbonyl (C=O) groups excluding carboxylic acids is 1. The van der Waals surface area contributed by atoms with Crippen molar-refractivity contribution in [3.63, 3.8) is 0 Å². The molecule has 19 heavy (non-hydrogen) atoms. The molecule has 0 aromatic carbocycles. The molecule has 6 heteroatoms. The first kappa shape index (κ1) is 15.8.